The minimum Gasteiger partial charge on any atom is -0.299 e. The van der Waals surface area contributed by atoms with Crippen molar-refractivity contribution in [2.75, 3.05) is 0 Å². The van der Waals surface area contributed by atoms with Crippen LogP contribution in [0, 0.1) is 0 Å². The fourth-order valence-corrected chi connectivity index (χ4v) is 3.90. The van der Waals surface area contributed by atoms with Crippen molar-refractivity contribution in [2.24, 2.45) is 0 Å². The van der Waals surface area contributed by atoms with Gasteiger partial charge in [-0.3, -0.25) is 9.59 Å². The van der Waals surface area contributed by atoms with Crippen molar-refractivity contribution in [3.8, 4) is 0 Å². The molecule has 0 atom stereocenters. The van der Waals surface area contributed by atoms with E-state index in [9.17, 15) is 9.59 Å². The summed E-state index contributed by atoms with van der Waals surface area (Å²) in [6.07, 6.45) is 26.7. The van der Waals surface area contributed by atoms with Crippen molar-refractivity contribution in [1.82, 2.24) is 0 Å². The molecule has 2 heteroatoms. The van der Waals surface area contributed by atoms with Crippen LogP contribution in [0.4, 0.5) is 0 Å². The molecule has 0 spiro atoms. The zero-order valence-electron chi connectivity index (χ0n) is 19.4. The lowest BCUT2D eigenvalue weighted by atomic mass is 10.0. The molecule has 0 bridgehead atoms. The lowest BCUT2D eigenvalue weighted by Crippen LogP contribution is -2.07. The normalized spacial score (nSPS) is 11.1. The van der Waals surface area contributed by atoms with E-state index in [-0.39, 0.29) is 18.0 Å². The molecule has 0 saturated heterocycles. The lowest BCUT2D eigenvalue weighted by Gasteiger charge is -2.04. The molecule has 0 radical (unpaired) electrons. The largest absolute Gasteiger partial charge is 0.299 e. The van der Waals surface area contributed by atoms with Crippen molar-refractivity contribution < 1.29 is 9.59 Å². The van der Waals surface area contributed by atoms with Crippen LogP contribution in [0.2, 0.25) is 0 Å². The predicted octanol–water partition coefficient (Wildman–Crippen LogP) is 8.75. The summed E-state index contributed by atoms with van der Waals surface area (Å²) < 4.78 is 0. The second-order valence-corrected chi connectivity index (χ2v) is 8.76. The van der Waals surface area contributed by atoms with Gasteiger partial charge in [-0.2, -0.15) is 0 Å². The van der Waals surface area contributed by atoms with Gasteiger partial charge >= 0.3 is 0 Å². The maximum atomic E-state index is 11.7. The highest BCUT2D eigenvalue weighted by molar-refractivity contribution is 5.98. The Bertz CT molecular complexity index is 348. The molecule has 0 heterocycles. The predicted molar refractivity (Wildman–Crippen MR) is 123 cm³/mol. The maximum Gasteiger partial charge on any atom is 0.140 e. The van der Waals surface area contributed by atoms with E-state index in [0.717, 1.165) is 19.3 Å². The van der Waals surface area contributed by atoms with Crippen molar-refractivity contribution in [3.05, 3.63) is 0 Å². The fraction of sp³-hybridized carbons (Fsp3) is 0.923. The zero-order chi connectivity index (χ0) is 20.7. The number of Topliss-reactive ketones (excluding diaryl/α,β-unsaturated/α-hetero) is 2. The Morgan fingerprint density at radius 3 is 1.07 bits per heavy atom. The van der Waals surface area contributed by atoms with Gasteiger partial charge in [-0.05, 0) is 12.8 Å². The van der Waals surface area contributed by atoms with Crippen LogP contribution < -0.4 is 0 Å². The SMILES string of the molecule is CCCCCCCCCCCCCCCCCCCCC(=O)CC(=O)CCC. The van der Waals surface area contributed by atoms with Crippen molar-refractivity contribution in [2.45, 2.75) is 155 Å². The van der Waals surface area contributed by atoms with Crippen LogP contribution in [-0.4, -0.2) is 11.6 Å². The highest BCUT2D eigenvalue weighted by Gasteiger charge is 2.08. The van der Waals surface area contributed by atoms with Crippen molar-refractivity contribution in [3.63, 3.8) is 0 Å². The number of carbonyl (C=O) groups is 2. The van der Waals surface area contributed by atoms with Crippen LogP contribution in [0.25, 0.3) is 0 Å². The first-order valence-electron chi connectivity index (χ1n) is 12.7. The molecule has 28 heavy (non-hydrogen) atoms. The molecule has 0 aromatic heterocycles. The van der Waals surface area contributed by atoms with Crippen LogP contribution in [0.3, 0.4) is 0 Å². The van der Waals surface area contributed by atoms with Crippen molar-refractivity contribution in [1.29, 1.82) is 0 Å². The number of hydrogen-bond donors (Lipinski definition) is 0. The highest BCUT2D eigenvalue weighted by Crippen LogP contribution is 2.14. The smallest absolute Gasteiger partial charge is 0.140 e. The Labute approximate surface area is 176 Å². The Morgan fingerprint density at radius 1 is 0.393 bits per heavy atom. The number of unbranched alkanes of at least 4 members (excludes halogenated alkanes) is 17. The van der Waals surface area contributed by atoms with E-state index in [2.05, 4.69) is 6.92 Å². The lowest BCUT2D eigenvalue weighted by molar-refractivity contribution is -0.127. The molecule has 0 amide bonds. The number of hydrogen-bond acceptors (Lipinski definition) is 2. The quantitative estimate of drug-likeness (QED) is 0.128. The van der Waals surface area contributed by atoms with Gasteiger partial charge < -0.3 is 0 Å². The topological polar surface area (TPSA) is 34.1 Å². The third-order valence-electron chi connectivity index (χ3n) is 5.73. The average Bonchev–Trinajstić information content (AvgIpc) is 2.67. The molecule has 0 aromatic carbocycles. The molecule has 0 N–H and O–H groups in total. The summed E-state index contributed by atoms with van der Waals surface area (Å²) in [6, 6.07) is 0. The Morgan fingerprint density at radius 2 is 0.714 bits per heavy atom. The summed E-state index contributed by atoms with van der Waals surface area (Å²) in [5.41, 5.74) is 0. The summed E-state index contributed by atoms with van der Waals surface area (Å²) in [6.45, 7) is 4.27. The average molecular weight is 395 g/mol. The van der Waals surface area contributed by atoms with Gasteiger partial charge in [0.2, 0.25) is 0 Å². The second kappa shape index (κ2) is 22.6. The zero-order valence-corrected chi connectivity index (χ0v) is 19.4. The monoisotopic (exact) mass is 394 g/mol. The van der Waals surface area contributed by atoms with Crippen LogP contribution in [0.5, 0.6) is 0 Å². The van der Waals surface area contributed by atoms with Gasteiger partial charge in [-0.1, -0.05) is 123 Å². The third kappa shape index (κ3) is 21.6. The summed E-state index contributed by atoms with van der Waals surface area (Å²) in [5.74, 6) is 0.268. The van der Waals surface area contributed by atoms with Crippen molar-refractivity contribution >= 4 is 11.6 Å². The van der Waals surface area contributed by atoms with Gasteiger partial charge in [0.1, 0.15) is 11.6 Å². The molecule has 0 saturated carbocycles. The van der Waals surface area contributed by atoms with Crippen LogP contribution >= 0.6 is 0 Å². The summed E-state index contributed by atoms with van der Waals surface area (Å²) >= 11 is 0. The van der Waals surface area contributed by atoms with Gasteiger partial charge in [0, 0.05) is 12.8 Å². The molecule has 0 rings (SSSR count). The minimum atomic E-state index is 0.120. The van der Waals surface area contributed by atoms with Gasteiger partial charge in [0.05, 0.1) is 6.42 Å². The molecule has 0 fully saturated rings. The first kappa shape index (κ1) is 27.3. The Kier molecular flexibility index (Phi) is 22.1. The molecule has 0 unspecified atom stereocenters. The first-order valence-corrected chi connectivity index (χ1v) is 12.7. The summed E-state index contributed by atoms with van der Waals surface area (Å²) in [7, 11) is 0. The Balaban J connectivity index is 3.14. The van der Waals surface area contributed by atoms with Gasteiger partial charge in [-0.15, -0.1) is 0 Å². The second-order valence-electron chi connectivity index (χ2n) is 8.76. The van der Waals surface area contributed by atoms with E-state index >= 15 is 0 Å². The maximum absolute atomic E-state index is 11.7. The van der Waals surface area contributed by atoms with Gasteiger partial charge in [-0.25, -0.2) is 0 Å². The van der Waals surface area contributed by atoms with Gasteiger partial charge in [0.25, 0.3) is 0 Å². The molecule has 2 nitrogen and oxygen atoms in total. The molecule has 166 valence electrons. The Hall–Kier alpha value is -0.660. The van der Waals surface area contributed by atoms with E-state index in [1.807, 2.05) is 6.92 Å². The van der Waals surface area contributed by atoms with E-state index in [1.54, 1.807) is 0 Å². The minimum absolute atomic E-state index is 0.120. The molecular formula is C26H50O2. The number of ketones is 2. The van der Waals surface area contributed by atoms with E-state index in [1.165, 1.54) is 103 Å². The number of carbonyl (C=O) groups excluding carboxylic acids is 2. The highest BCUT2D eigenvalue weighted by atomic mass is 16.1. The molecule has 0 aliphatic rings. The molecule has 0 aliphatic heterocycles. The summed E-state index contributed by atoms with van der Waals surface area (Å²) in [4.78, 5) is 23.1. The molecular weight excluding hydrogens is 344 g/mol. The van der Waals surface area contributed by atoms with Gasteiger partial charge in [0.15, 0.2) is 0 Å². The van der Waals surface area contributed by atoms with Crippen LogP contribution in [0.1, 0.15) is 155 Å². The summed E-state index contributed by atoms with van der Waals surface area (Å²) in [5, 5.41) is 0. The number of rotatable bonds is 23. The van der Waals surface area contributed by atoms with E-state index in [0.29, 0.717) is 12.8 Å². The van der Waals surface area contributed by atoms with Crippen LogP contribution in [-0.2, 0) is 9.59 Å². The van der Waals surface area contributed by atoms with E-state index < -0.39 is 0 Å². The fourth-order valence-electron chi connectivity index (χ4n) is 3.90. The molecule has 0 aromatic rings. The van der Waals surface area contributed by atoms with E-state index in [4.69, 9.17) is 0 Å². The first-order chi connectivity index (χ1) is 13.7. The standard InChI is InChI=1S/C26H50O2/c1-3-5-6-7-8-9-10-11-12-13-14-15-16-17-18-19-20-21-23-26(28)24-25(27)22-4-2/h3-24H2,1-2H3. The van der Waals surface area contributed by atoms with Crippen LogP contribution in [0.15, 0.2) is 0 Å². The third-order valence-corrected chi connectivity index (χ3v) is 5.73. The molecule has 0 aliphatic carbocycles.